The van der Waals surface area contributed by atoms with Gasteiger partial charge < -0.3 is 14.7 Å². The first-order valence-electron chi connectivity index (χ1n) is 10.7. The summed E-state index contributed by atoms with van der Waals surface area (Å²) in [5, 5.41) is 18.0. The summed E-state index contributed by atoms with van der Waals surface area (Å²) in [6.07, 6.45) is 2.62. The van der Waals surface area contributed by atoms with E-state index in [1.807, 2.05) is 58.1 Å². The number of carbonyl (C=O) groups excluding carboxylic acids is 1. The van der Waals surface area contributed by atoms with Crippen LogP contribution in [0, 0.1) is 0 Å². The Morgan fingerprint density at radius 2 is 1.91 bits per heavy atom. The predicted molar refractivity (Wildman–Crippen MR) is 132 cm³/mol. The molecule has 0 atom stereocenters. The van der Waals surface area contributed by atoms with E-state index in [0.717, 1.165) is 26.9 Å². The van der Waals surface area contributed by atoms with Crippen molar-refractivity contribution in [3.05, 3.63) is 76.4 Å². The van der Waals surface area contributed by atoms with Crippen molar-refractivity contribution in [3.8, 4) is 5.13 Å². The molecule has 4 aromatic rings. The molecule has 2 aromatic heterocycles. The van der Waals surface area contributed by atoms with Crippen LogP contribution >= 0.6 is 23.3 Å². The second-order valence-corrected chi connectivity index (χ2v) is 9.46. The standard InChI is InChI=1S/C24H22N4O4S2/c25-34-18-4-1-15(2-5-18)11-17-13-28(24-26-20(14-33-24)23(30)31)21-6-3-16(12-19(17)21)22(29)27-7-9-32-10-8-27/h1-6,12-14H,7-11,25H2,(H,30,31). The van der Waals surface area contributed by atoms with Crippen molar-refractivity contribution in [2.45, 2.75) is 11.3 Å². The lowest BCUT2D eigenvalue weighted by Gasteiger charge is -2.26. The van der Waals surface area contributed by atoms with Crippen molar-refractivity contribution in [3.63, 3.8) is 0 Å². The highest BCUT2D eigenvalue weighted by Gasteiger charge is 2.21. The molecule has 0 radical (unpaired) electrons. The Bertz CT molecular complexity index is 1360. The predicted octanol–water partition coefficient (Wildman–Crippen LogP) is 3.81. The molecule has 1 fully saturated rings. The van der Waals surface area contributed by atoms with E-state index in [4.69, 9.17) is 9.88 Å². The van der Waals surface area contributed by atoms with E-state index in [9.17, 15) is 14.7 Å². The van der Waals surface area contributed by atoms with E-state index in [1.165, 1.54) is 28.7 Å². The minimum atomic E-state index is -1.06. The van der Waals surface area contributed by atoms with Crippen molar-refractivity contribution in [2.75, 3.05) is 26.3 Å². The third-order valence-corrected chi connectivity index (χ3v) is 7.19. The van der Waals surface area contributed by atoms with Crippen molar-refractivity contribution in [2.24, 2.45) is 5.14 Å². The zero-order chi connectivity index (χ0) is 23.7. The number of thiazole rings is 1. The number of morpholine rings is 1. The van der Waals surface area contributed by atoms with Gasteiger partial charge in [0.2, 0.25) is 0 Å². The average molecular weight is 495 g/mol. The molecule has 1 aliphatic rings. The van der Waals surface area contributed by atoms with E-state index < -0.39 is 5.97 Å². The van der Waals surface area contributed by atoms with Gasteiger partial charge in [-0.2, -0.15) is 0 Å². The van der Waals surface area contributed by atoms with Gasteiger partial charge in [0.1, 0.15) is 0 Å². The number of carboxylic acids is 1. The SMILES string of the molecule is NSc1ccc(Cc2cn(-c3nc(C(=O)O)cs3)c3ccc(C(=O)N4CCOCC4)cc23)cc1. The molecule has 3 N–H and O–H groups in total. The van der Waals surface area contributed by atoms with Gasteiger partial charge in [-0.25, -0.2) is 9.78 Å². The molecule has 0 aliphatic carbocycles. The number of benzene rings is 2. The van der Waals surface area contributed by atoms with E-state index in [0.29, 0.717) is 43.4 Å². The van der Waals surface area contributed by atoms with Crippen molar-refractivity contribution >= 4 is 46.1 Å². The zero-order valence-electron chi connectivity index (χ0n) is 18.1. The summed E-state index contributed by atoms with van der Waals surface area (Å²) in [7, 11) is 0. The van der Waals surface area contributed by atoms with E-state index in [-0.39, 0.29) is 11.6 Å². The third kappa shape index (κ3) is 4.45. The molecule has 1 amide bonds. The summed E-state index contributed by atoms with van der Waals surface area (Å²) < 4.78 is 7.27. The van der Waals surface area contributed by atoms with Crippen LogP contribution in [0.1, 0.15) is 32.0 Å². The summed E-state index contributed by atoms with van der Waals surface area (Å²) in [6, 6.07) is 13.7. The second-order valence-electron chi connectivity index (χ2n) is 7.92. The average Bonchev–Trinajstić information content (AvgIpc) is 3.50. The van der Waals surface area contributed by atoms with Gasteiger partial charge in [-0.05, 0) is 59.8 Å². The lowest BCUT2D eigenvalue weighted by molar-refractivity contribution is 0.0303. The highest BCUT2D eigenvalue weighted by atomic mass is 32.2. The van der Waals surface area contributed by atoms with Crippen LogP contribution in [0.15, 0.2) is 58.9 Å². The molecule has 0 saturated carbocycles. The first-order chi connectivity index (χ1) is 16.5. The molecule has 1 saturated heterocycles. The van der Waals surface area contributed by atoms with Gasteiger partial charge in [0, 0.05) is 40.5 Å². The van der Waals surface area contributed by atoms with E-state index in [2.05, 4.69) is 4.98 Å². The lowest BCUT2D eigenvalue weighted by Crippen LogP contribution is -2.40. The Morgan fingerprint density at radius 3 is 2.59 bits per heavy atom. The third-order valence-electron chi connectivity index (χ3n) is 5.80. The van der Waals surface area contributed by atoms with Crippen LogP contribution in [0.25, 0.3) is 16.0 Å². The van der Waals surface area contributed by atoms with Gasteiger partial charge in [-0.15, -0.1) is 11.3 Å². The molecule has 2 aromatic carbocycles. The Morgan fingerprint density at radius 1 is 1.15 bits per heavy atom. The summed E-state index contributed by atoms with van der Waals surface area (Å²) in [6.45, 7) is 2.24. The number of amides is 1. The van der Waals surface area contributed by atoms with Crippen LogP contribution in [0.2, 0.25) is 0 Å². The fourth-order valence-corrected chi connectivity index (χ4v) is 5.14. The molecular weight excluding hydrogens is 472 g/mol. The maximum Gasteiger partial charge on any atom is 0.355 e. The molecule has 10 heteroatoms. The van der Waals surface area contributed by atoms with Crippen LogP contribution in [0.5, 0.6) is 0 Å². The Kier molecular flexibility index (Phi) is 6.38. The van der Waals surface area contributed by atoms with Crippen LogP contribution in [0.3, 0.4) is 0 Å². The molecule has 0 bridgehead atoms. The largest absolute Gasteiger partial charge is 0.476 e. The lowest BCUT2D eigenvalue weighted by atomic mass is 10.0. The highest BCUT2D eigenvalue weighted by molar-refractivity contribution is 7.97. The first kappa shape index (κ1) is 22.6. The van der Waals surface area contributed by atoms with Gasteiger partial charge in [0.05, 0.1) is 18.7 Å². The van der Waals surface area contributed by atoms with Crippen LogP contribution in [-0.4, -0.2) is 57.7 Å². The maximum absolute atomic E-state index is 13.1. The van der Waals surface area contributed by atoms with Crippen molar-refractivity contribution < 1.29 is 19.4 Å². The molecule has 1 aliphatic heterocycles. The summed E-state index contributed by atoms with van der Waals surface area (Å²) in [4.78, 5) is 31.5. The van der Waals surface area contributed by atoms with Gasteiger partial charge in [0.15, 0.2) is 10.8 Å². The number of fused-ring (bicyclic) bond motifs is 1. The molecule has 174 valence electrons. The summed E-state index contributed by atoms with van der Waals surface area (Å²) >= 11 is 2.47. The number of aromatic nitrogens is 2. The molecule has 0 spiro atoms. The second kappa shape index (κ2) is 9.59. The number of rotatable bonds is 6. The number of carbonyl (C=O) groups is 2. The van der Waals surface area contributed by atoms with Crippen LogP contribution in [-0.2, 0) is 11.2 Å². The quantitative estimate of drug-likeness (QED) is 0.392. The number of hydrogen-bond acceptors (Lipinski definition) is 7. The topological polar surface area (TPSA) is 111 Å². The number of aromatic carboxylic acids is 1. The Labute approximate surface area is 204 Å². The number of hydrogen-bond donors (Lipinski definition) is 2. The Balaban J connectivity index is 1.57. The normalized spacial score (nSPS) is 14.0. The smallest absolute Gasteiger partial charge is 0.355 e. The summed E-state index contributed by atoms with van der Waals surface area (Å²) in [5.74, 6) is -1.08. The van der Waals surface area contributed by atoms with Crippen molar-refractivity contribution in [1.82, 2.24) is 14.5 Å². The van der Waals surface area contributed by atoms with E-state index >= 15 is 0 Å². The van der Waals surface area contributed by atoms with Crippen LogP contribution in [0.4, 0.5) is 0 Å². The molecular formula is C24H22N4O4S2. The van der Waals surface area contributed by atoms with Gasteiger partial charge >= 0.3 is 5.97 Å². The number of carboxylic acid groups (broad SMARTS) is 1. The Hall–Kier alpha value is -3.18. The zero-order valence-corrected chi connectivity index (χ0v) is 19.8. The number of nitrogens with zero attached hydrogens (tertiary/aromatic N) is 3. The summed E-state index contributed by atoms with van der Waals surface area (Å²) in [5.41, 5.74) is 3.62. The van der Waals surface area contributed by atoms with E-state index in [1.54, 1.807) is 0 Å². The maximum atomic E-state index is 13.1. The molecule has 34 heavy (non-hydrogen) atoms. The van der Waals surface area contributed by atoms with Gasteiger partial charge in [-0.1, -0.05) is 12.1 Å². The molecule has 5 rings (SSSR count). The molecule has 0 unspecified atom stereocenters. The highest BCUT2D eigenvalue weighted by Crippen LogP contribution is 2.30. The monoisotopic (exact) mass is 494 g/mol. The van der Waals surface area contributed by atoms with Crippen LogP contribution < -0.4 is 5.14 Å². The minimum Gasteiger partial charge on any atom is -0.476 e. The fourth-order valence-electron chi connectivity index (χ4n) is 4.06. The van der Waals surface area contributed by atoms with Crippen molar-refractivity contribution in [1.29, 1.82) is 0 Å². The number of ether oxygens (including phenoxy) is 1. The fraction of sp³-hybridized carbons (Fsp3) is 0.208. The molecule has 3 heterocycles. The molecule has 8 nitrogen and oxygen atoms in total. The minimum absolute atomic E-state index is 0.0115. The van der Waals surface area contributed by atoms with Gasteiger partial charge in [0.25, 0.3) is 5.91 Å². The number of nitrogens with two attached hydrogens (primary N) is 1. The van der Waals surface area contributed by atoms with Gasteiger partial charge in [-0.3, -0.25) is 14.5 Å². The first-order valence-corrected chi connectivity index (χ1v) is 12.5.